The van der Waals surface area contributed by atoms with Gasteiger partial charge in [0.1, 0.15) is 0 Å². The van der Waals surface area contributed by atoms with Gasteiger partial charge in [-0.2, -0.15) is 4.98 Å². The molecule has 0 fully saturated rings. The third kappa shape index (κ3) is 2.16. The number of rotatable bonds is 4. The van der Waals surface area contributed by atoms with Crippen molar-refractivity contribution >= 4 is 16.9 Å². The third-order valence-electron chi connectivity index (χ3n) is 3.90. The van der Waals surface area contributed by atoms with E-state index in [1.165, 1.54) is 4.57 Å². The Balaban J connectivity index is 2.19. The smallest absolute Gasteiger partial charge is 0.314 e. The summed E-state index contributed by atoms with van der Waals surface area (Å²) in [5, 5.41) is 0. The second-order valence-electron chi connectivity index (χ2n) is 5.85. The molecule has 0 bridgehead atoms. The summed E-state index contributed by atoms with van der Waals surface area (Å²) in [6.07, 6.45) is 2.87. The molecule has 118 valence electrons. The molecule has 3 aromatic rings. The molecule has 0 amide bonds. The van der Waals surface area contributed by atoms with Crippen LogP contribution in [-0.4, -0.2) is 49.0 Å². The van der Waals surface area contributed by atoms with E-state index in [4.69, 9.17) is 0 Å². The zero-order valence-corrected chi connectivity index (χ0v) is 13.3. The standard InChI is InChI=1S/C14H20N6O2/c1-9-8-20-10-11(18(4)14(22)16-12(10)21)15-13(20)19(9)7-5-6-17(2)3/h8H,5-7H2,1-4H3,(H,16,21,22). The van der Waals surface area contributed by atoms with Gasteiger partial charge in [0.25, 0.3) is 5.56 Å². The van der Waals surface area contributed by atoms with Crippen LogP contribution in [0.4, 0.5) is 0 Å². The molecule has 22 heavy (non-hydrogen) atoms. The van der Waals surface area contributed by atoms with E-state index in [0.717, 1.165) is 25.2 Å². The fraction of sp³-hybridized carbons (Fsp3) is 0.500. The molecule has 0 spiro atoms. The largest absolute Gasteiger partial charge is 0.329 e. The van der Waals surface area contributed by atoms with Crippen molar-refractivity contribution in [2.45, 2.75) is 19.9 Å². The summed E-state index contributed by atoms with van der Waals surface area (Å²) in [6, 6.07) is 0. The molecule has 0 unspecified atom stereocenters. The minimum atomic E-state index is -0.450. The summed E-state index contributed by atoms with van der Waals surface area (Å²) in [5.41, 5.74) is 0.998. The maximum absolute atomic E-state index is 12.1. The average molecular weight is 304 g/mol. The number of nitrogens with zero attached hydrogens (tertiary/aromatic N) is 5. The third-order valence-corrected chi connectivity index (χ3v) is 3.90. The van der Waals surface area contributed by atoms with Crippen LogP contribution in [-0.2, 0) is 13.6 Å². The molecule has 0 aromatic carbocycles. The van der Waals surface area contributed by atoms with Gasteiger partial charge in [0.15, 0.2) is 11.2 Å². The summed E-state index contributed by atoms with van der Waals surface area (Å²) in [4.78, 5) is 32.8. The molecule has 0 atom stereocenters. The predicted octanol–water partition coefficient (Wildman–Crippen LogP) is -0.0639. The van der Waals surface area contributed by atoms with Crippen LogP contribution in [0.15, 0.2) is 15.8 Å². The molecule has 0 saturated heterocycles. The van der Waals surface area contributed by atoms with Crippen LogP contribution < -0.4 is 11.2 Å². The first-order valence-electron chi connectivity index (χ1n) is 7.22. The summed E-state index contributed by atoms with van der Waals surface area (Å²) in [7, 11) is 5.69. The average Bonchev–Trinajstić information content (AvgIpc) is 2.93. The van der Waals surface area contributed by atoms with Gasteiger partial charge in [-0.05, 0) is 34.0 Å². The SMILES string of the molecule is Cc1cn2c3c(=O)[nH]c(=O)n(C)c3nc2n1CCCN(C)C. The lowest BCUT2D eigenvalue weighted by molar-refractivity contribution is 0.387. The van der Waals surface area contributed by atoms with Crippen molar-refractivity contribution in [3.63, 3.8) is 0 Å². The van der Waals surface area contributed by atoms with E-state index in [1.807, 2.05) is 27.2 Å². The van der Waals surface area contributed by atoms with Gasteiger partial charge in [0, 0.05) is 25.5 Å². The van der Waals surface area contributed by atoms with Crippen molar-refractivity contribution < 1.29 is 0 Å². The quantitative estimate of drug-likeness (QED) is 0.732. The van der Waals surface area contributed by atoms with E-state index in [9.17, 15) is 9.59 Å². The Morgan fingerprint density at radius 1 is 1.32 bits per heavy atom. The topological polar surface area (TPSA) is 80.3 Å². The molecule has 3 rings (SSSR count). The maximum atomic E-state index is 12.1. The minimum absolute atomic E-state index is 0.406. The Morgan fingerprint density at radius 2 is 2.05 bits per heavy atom. The molecular weight excluding hydrogens is 284 g/mol. The number of aryl methyl sites for hydroxylation is 3. The summed E-state index contributed by atoms with van der Waals surface area (Å²) >= 11 is 0. The first kappa shape index (κ1) is 14.6. The van der Waals surface area contributed by atoms with Crippen molar-refractivity contribution in [1.29, 1.82) is 0 Å². The highest BCUT2D eigenvalue weighted by Crippen LogP contribution is 2.16. The number of nitrogens with one attached hydrogen (secondary N) is 1. The molecule has 8 nitrogen and oxygen atoms in total. The molecule has 8 heteroatoms. The van der Waals surface area contributed by atoms with Crippen molar-refractivity contribution in [3.05, 3.63) is 32.7 Å². The molecule has 1 N–H and O–H groups in total. The number of hydrogen-bond donors (Lipinski definition) is 1. The number of hydrogen-bond acceptors (Lipinski definition) is 4. The highest BCUT2D eigenvalue weighted by atomic mass is 16.2. The van der Waals surface area contributed by atoms with Crippen LogP contribution in [0.5, 0.6) is 0 Å². The van der Waals surface area contributed by atoms with Gasteiger partial charge in [-0.1, -0.05) is 0 Å². The van der Waals surface area contributed by atoms with Crippen LogP contribution in [0.1, 0.15) is 12.1 Å². The van der Waals surface area contributed by atoms with Crippen LogP contribution >= 0.6 is 0 Å². The number of fused-ring (bicyclic) bond motifs is 3. The molecule has 0 saturated carbocycles. The Hall–Kier alpha value is -2.35. The van der Waals surface area contributed by atoms with Gasteiger partial charge in [-0.15, -0.1) is 0 Å². The molecule has 0 aliphatic carbocycles. The van der Waals surface area contributed by atoms with Crippen molar-refractivity contribution in [3.8, 4) is 0 Å². The van der Waals surface area contributed by atoms with Crippen LogP contribution in [0.2, 0.25) is 0 Å². The van der Waals surface area contributed by atoms with E-state index in [1.54, 1.807) is 11.4 Å². The van der Waals surface area contributed by atoms with E-state index < -0.39 is 11.2 Å². The van der Waals surface area contributed by atoms with E-state index >= 15 is 0 Å². The first-order valence-corrected chi connectivity index (χ1v) is 7.22. The normalized spacial score (nSPS) is 12.0. The number of aromatic nitrogens is 5. The fourth-order valence-corrected chi connectivity index (χ4v) is 2.74. The first-order chi connectivity index (χ1) is 10.4. The van der Waals surface area contributed by atoms with Crippen LogP contribution in [0, 0.1) is 6.92 Å². The number of aromatic amines is 1. The van der Waals surface area contributed by atoms with Crippen molar-refractivity contribution in [2.24, 2.45) is 7.05 Å². The second kappa shape index (κ2) is 5.13. The predicted molar refractivity (Wildman–Crippen MR) is 84.5 cm³/mol. The maximum Gasteiger partial charge on any atom is 0.329 e. The molecule has 3 heterocycles. The Bertz CT molecular complexity index is 956. The monoisotopic (exact) mass is 304 g/mol. The minimum Gasteiger partial charge on any atom is -0.314 e. The highest BCUT2D eigenvalue weighted by Gasteiger charge is 2.16. The molecule has 3 aromatic heterocycles. The summed E-state index contributed by atoms with van der Waals surface area (Å²) < 4.78 is 5.20. The second-order valence-corrected chi connectivity index (χ2v) is 5.85. The van der Waals surface area contributed by atoms with E-state index in [2.05, 4.69) is 19.4 Å². The molecule has 0 aliphatic rings. The summed E-state index contributed by atoms with van der Waals surface area (Å²) in [5.74, 6) is 0.693. The lowest BCUT2D eigenvalue weighted by atomic mass is 10.4. The number of H-pyrrole nitrogens is 1. The lowest BCUT2D eigenvalue weighted by Gasteiger charge is -2.10. The van der Waals surface area contributed by atoms with E-state index in [0.29, 0.717) is 16.9 Å². The van der Waals surface area contributed by atoms with Crippen LogP contribution in [0.25, 0.3) is 16.9 Å². The van der Waals surface area contributed by atoms with Gasteiger partial charge in [0.2, 0.25) is 5.78 Å². The van der Waals surface area contributed by atoms with Gasteiger partial charge in [0.05, 0.1) is 0 Å². The van der Waals surface area contributed by atoms with Gasteiger partial charge in [-0.3, -0.25) is 18.7 Å². The molecule has 0 radical (unpaired) electrons. The Kier molecular flexibility index (Phi) is 3.40. The zero-order chi connectivity index (χ0) is 16.0. The lowest BCUT2D eigenvalue weighted by Crippen LogP contribution is -2.28. The van der Waals surface area contributed by atoms with Gasteiger partial charge < -0.3 is 9.47 Å². The van der Waals surface area contributed by atoms with Crippen molar-refractivity contribution in [1.82, 2.24) is 28.4 Å². The van der Waals surface area contributed by atoms with E-state index in [-0.39, 0.29) is 0 Å². The Morgan fingerprint density at radius 3 is 2.73 bits per heavy atom. The summed E-state index contributed by atoms with van der Waals surface area (Å²) in [6.45, 7) is 3.78. The van der Waals surface area contributed by atoms with Crippen molar-refractivity contribution in [2.75, 3.05) is 20.6 Å². The van der Waals surface area contributed by atoms with Crippen LogP contribution in [0.3, 0.4) is 0 Å². The fourth-order valence-electron chi connectivity index (χ4n) is 2.74. The number of imidazole rings is 2. The molecule has 0 aliphatic heterocycles. The van der Waals surface area contributed by atoms with Gasteiger partial charge >= 0.3 is 5.69 Å². The highest BCUT2D eigenvalue weighted by molar-refractivity contribution is 5.75. The zero-order valence-electron chi connectivity index (χ0n) is 13.3. The van der Waals surface area contributed by atoms with Gasteiger partial charge in [-0.25, -0.2) is 4.79 Å². The molecular formula is C14H20N6O2. The Labute approximate surface area is 126 Å².